The first-order valence-corrected chi connectivity index (χ1v) is 6.74. The van der Waals surface area contributed by atoms with Gasteiger partial charge in [-0.1, -0.05) is 23.7 Å². The summed E-state index contributed by atoms with van der Waals surface area (Å²) in [5.74, 6) is 0.441. The third kappa shape index (κ3) is 2.35. The van der Waals surface area contributed by atoms with Gasteiger partial charge < -0.3 is 4.74 Å². The maximum Gasteiger partial charge on any atom is 0.220 e. The fourth-order valence-corrected chi connectivity index (χ4v) is 2.46. The normalized spacial score (nSPS) is 17.5. The molecule has 0 amide bonds. The van der Waals surface area contributed by atoms with E-state index >= 15 is 0 Å². The van der Waals surface area contributed by atoms with Crippen LogP contribution in [0.5, 0.6) is 5.75 Å². The van der Waals surface area contributed by atoms with Crippen molar-refractivity contribution in [3.05, 3.63) is 40.4 Å². The Labute approximate surface area is 104 Å². The molecule has 0 aromatic heterocycles. The highest BCUT2D eigenvalue weighted by Crippen LogP contribution is 2.24. The largest absolute Gasteiger partial charge is 0.485 e. The van der Waals surface area contributed by atoms with E-state index in [-0.39, 0.29) is 16.6 Å². The number of sulfone groups is 1. The molecule has 1 heterocycles. The van der Waals surface area contributed by atoms with Gasteiger partial charge in [0, 0.05) is 6.20 Å². The van der Waals surface area contributed by atoms with Gasteiger partial charge in [-0.15, -0.1) is 0 Å². The molecule has 2 rings (SSSR count). The summed E-state index contributed by atoms with van der Waals surface area (Å²) in [4.78, 5) is 4.04. The molecule has 0 bridgehead atoms. The number of hydrogen-bond donors (Lipinski definition) is 0. The Morgan fingerprint density at radius 1 is 1.35 bits per heavy atom. The molecule has 1 aliphatic heterocycles. The van der Waals surface area contributed by atoms with Crippen molar-refractivity contribution in [3.8, 4) is 5.75 Å². The van der Waals surface area contributed by atoms with Crippen LogP contribution in [-0.4, -0.2) is 20.1 Å². The van der Waals surface area contributed by atoms with Crippen LogP contribution in [0.3, 0.4) is 0 Å². The third-order valence-corrected chi connectivity index (χ3v) is 4.42. The zero-order valence-electron chi connectivity index (χ0n) is 9.05. The second kappa shape index (κ2) is 4.50. The van der Waals surface area contributed by atoms with Gasteiger partial charge in [0.05, 0.1) is 9.93 Å². The number of benzene rings is 1. The summed E-state index contributed by atoms with van der Waals surface area (Å²) in [6, 6.07) is 6.87. The summed E-state index contributed by atoms with van der Waals surface area (Å²) in [5, 5.41) is 0.447. The molecule has 17 heavy (non-hydrogen) atoms. The molecule has 6 heteroatoms. The van der Waals surface area contributed by atoms with Crippen molar-refractivity contribution in [2.45, 2.75) is 6.92 Å². The quantitative estimate of drug-likeness (QED) is 0.848. The Bertz CT molecular complexity index is 605. The Morgan fingerprint density at radius 2 is 2.06 bits per heavy atom. The zero-order valence-corrected chi connectivity index (χ0v) is 10.6. The van der Waals surface area contributed by atoms with Crippen LogP contribution < -0.4 is 4.74 Å². The number of ether oxygens (including phenoxy) is 1. The van der Waals surface area contributed by atoms with Crippen LogP contribution in [-0.2, 0) is 9.84 Å². The number of rotatable bonds is 3. The molecule has 0 saturated heterocycles. The average molecular weight is 272 g/mol. The van der Waals surface area contributed by atoms with Crippen molar-refractivity contribution in [3.63, 3.8) is 0 Å². The van der Waals surface area contributed by atoms with E-state index in [4.69, 9.17) is 16.3 Å². The van der Waals surface area contributed by atoms with Crippen molar-refractivity contribution < 1.29 is 13.2 Å². The van der Waals surface area contributed by atoms with Gasteiger partial charge in [0.25, 0.3) is 0 Å². The molecule has 1 aromatic carbocycles. The number of halogens is 1. The van der Waals surface area contributed by atoms with E-state index in [0.29, 0.717) is 10.8 Å². The summed E-state index contributed by atoms with van der Waals surface area (Å²) in [6.07, 6.45) is 1.32. The number of nitrogens with zero attached hydrogens (tertiary/aromatic N) is 1. The minimum Gasteiger partial charge on any atom is -0.485 e. The van der Waals surface area contributed by atoms with E-state index in [0.717, 1.165) is 0 Å². The van der Waals surface area contributed by atoms with Gasteiger partial charge in [-0.25, -0.2) is 13.4 Å². The topological polar surface area (TPSA) is 55.7 Å². The van der Waals surface area contributed by atoms with Gasteiger partial charge >= 0.3 is 0 Å². The number of hydrogen-bond acceptors (Lipinski definition) is 4. The molecule has 0 saturated carbocycles. The van der Waals surface area contributed by atoms with E-state index in [2.05, 4.69) is 4.99 Å². The Kier molecular flexibility index (Phi) is 3.22. The van der Waals surface area contributed by atoms with Crippen molar-refractivity contribution in [2.24, 2.45) is 4.99 Å². The number of para-hydroxylation sites is 1. The Morgan fingerprint density at radius 3 is 2.65 bits per heavy atom. The highest BCUT2D eigenvalue weighted by Gasteiger charge is 2.26. The van der Waals surface area contributed by atoms with Crippen LogP contribution in [0.2, 0.25) is 5.02 Å². The minimum atomic E-state index is -3.41. The zero-order chi connectivity index (χ0) is 12.5. The van der Waals surface area contributed by atoms with Crippen LogP contribution in [0, 0.1) is 0 Å². The molecule has 0 spiro atoms. The standard InChI is InChI=1S/C11H10ClNO3S/c1-8-6-13-11(17(8,14)15)7-16-10-5-3-2-4-9(10)12/h2-6H,7H2,1H3. The maximum absolute atomic E-state index is 11.7. The average Bonchev–Trinajstić information content (AvgIpc) is 2.54. The molecule has 0 aliphatic carbocycles. The Balaban J connectivity index is 2.10. The highest BCUT2D eigenvalue weighted by atomic mass is 35.5. The first-order chi connectivity index (χ1) is 8.01. The van der Waals surface area contributed by atoms with Gasteiger partial charge in [-0.2, -0.15) is 0 Å². The van der Waals surface area contributed by atoms with Crippen molar-refractivity contribution in [1.29, 1.82) is 0 Å². The summed E-state index contributed by atoms with van der Waals surface area (Å²) < 4.78 is 28.7. The predicted molar refractivity (Wildman–Crippen MR) is 67.1 cm³/mol. The van der Waals surface area contributed by atoms with E-state index in [1.165, 1.54) is 13.1 Å². The number of aliphatic imine (C=N–C) groups is 1. The van der Waals surface area contributed by atoms with Crippen LogP contribution in [0.15, 0.2) is 40.4 Å². The van der Waals surface area contributed by atoms with E-state index in [1.54, 1.807) is 24.3 Å². The van der Waals surface area contributed by atoms with Gasteiger partial charge in [0.1, 0.15) is 12.4 Å². The van der Waals surface area contributed by atoms with Gasteiger partial charge in [-0.3, -0.25) is 0 Å². The lowest BCUT2D eigenvalue weighted by atomic mass is 10.3. The number of allylic oxidation sites excluding steroid dienone is 1. The molecule has 0 N–H and O–H groups in total. The van der Waals surface area contributed by atoms with Gasteiger partial charge in [0.15, 0.2) is 5.04 Å². The third-order valence-electron chi connectivity index (χ3n) is 2.31. The smallest absolute Gasteiger partial charge is 0.220 e. The lowest BCUT2D eigenvalue weighted by molar-refractivity contribution is 0.378. The first-order valence-electron chi connectivity index (χ1n) is 4.87. The monoisotopic (exact) mass is 271 g/mol. The van der Waals surface area contributed by atoms with E-state index in [9.17, 15) is 8.42 Å². The summed E-state index contributed by atoms with van der Waals surface area (Å²) >= 11 is 5.88. The fourth-order valence-electron chi connectivity index (χ4n) is 1.30. The summed E-state index contributed by atoms with van der Waals surface area (Å²) in [7, 11) is -3.41. The lowest BCUT2D eigenvalue weighted by Crippen LogP contribution is -2.19. The highest BCUT2D eigenvalue weighted by molar-refractivity contribution is 8.10. The Hall–Kier alpha value is -1.33. The molecule has 0 atom stereocenters. The summed E-state index contributed by atoms with van der Waals surface area (Å²) in [5.41, 5.74) is 0. The molecule has 4 nitrogen and oxygen atoms in total. The molecule has 1 aromatic rings. The van der Waals surface area contributed by atoms with E-state index in [1.807, 2.05) is 0 Å². The maximum atomic E-state index is 11.7. The molecule has 1 aliphatic rings. The molecular weight excluding hydrogens is 262 g/mol. The van der Waals surface area contributed by atoms with Crippen LogP contribution >= 0.6 is 11.6 Å². The first kappa shape index (κ1) is 12.1. The fraction of sp³-hybridized carbons (Fsp3) is 0.182. The SMILES string of the molecule is CC1=CN=C(COc2ccccc2Cl)S1(=O)=O. The van der Waals surface area contributed by atoms with Crippen LogP contribution in [0.1, 0.15) is 6.92 Å². The van der Waals surface area contributed by atoms with Crippen molar-refractivity contribution >= 4 is 26.5 Å². The predicted octanol–water partition coefficient (Wildman–Crippen LogP) is 2.41. The van der Waals surface area contributed by atoms with E-state index < -0.39 is 9.84 Å². The van der Waals surface area contributed by atoms with Gasteiger partial charge in [-0.05, 0) is 19.1 Å². The summed E-state index contributed by atoms with van der Waals surface area (Å²) in [6.45, 7) is 1.39. The van der Waals surface area contributed by atoms with Crippen LogP contribution in [0.4, 0.5) is 0 Å². The van der Waals surface area contributed by atoms with Crippen molar-refractivity contribution in [1.82, 2.24) is 0 Å². The lowest BCUT2D eigenvalue weighted by Gasteiger charge is -2.07. The second-order valence-corrected chi connectivity index (χ2v) is 6.01. The van der Waals surface area contributed by atoms with Crippen LogP contribution in [0.25, 0.3) is 0 Å². The molecule has 0 radical (unpaired) electrons. The molecule has 0 unspecified atom stereocenters. The second-order valence-electron chi connectivity index (χ2n) is 3.49. The molecule has 0 fully saturated rings. The molecule has 90 valence electrons. The van der Waals surface area contributed by atoms with Gasteiger partial charge in [0.2, 0.25) is 9.84 Å². The van der Waals surface area contributed by atoms with Crippen molar-refractivity contribution in [2.75, 3.05) is 6.61 Å². The molecular formula is C11H10ClNO3S. The minimum absolute atomic E-state index is 0.00918.